The van der Waals surface area contributed by atoms with Crippen LogP contribution in [0.5, 0.6) is 5.75 Å². The minimum absolute atomic E-state index is 0.0418. The van der Waals surface area contributed by atoms with E-state index in [2.05, 4.69) is 26.6 Å². The minimum atomic E-state index is -3.64. The number of carbonyl (C=O) groups is 4. The first-order valence-corrected chi connectivity index (χ1v) is 17.0. The SMILES string of the molecule is CCOP(=O)(CC(=O)N(C)CC(=O)NC(CCCCNC(=O)OCc1ccccc1)COc1cc(Br)ccc1C(=O)O)OCC. The van der Waals surface area contributed by atoms with E-state index in [0.29, 0.717) is 30.3 Å². The van der Waals surface area contributed by atoms with Crippen molar-refractivity contribution in [3.63, 3.8) is 0 Å². The van der Waals surface area contributed by atoms with Crippen LogP contribution in [0.2, 0.25) is 0 Å². The van der Waals surface area contributed by atoms with Gasteiger partial charge in [0.25, 0.3) is 0 Å². The molecule has 2 aromatic carbocycles. The Labute approximate surface area is 271 Å². The van der Waals surface area contributed by atoms with E-state index in [9.17, 15) is 28.8 Å². The maximum absolute atomic E-state index is 12.9. The van der Waals surface area contributed by atoms with E-state index < -0.39 is 43.7 Å². The Morgan fingerprint density at radius 1 is 1.02 bits per heavy atom. The van der Waals surface area contributed by atoms with Crippen molar-refractivity contribution in [1.82, 2.24) is 15.5 Å². The molecule has 0 aliphatic rings. The molecule has 0 radical (unpaired) electrons. The molecule has 0 spiro atoms. The number of halogens is 1. The third-order valence-corrected chi connectivity index (χ3v) is 8.68. The number of nitrogens with one attached hydrogen (secondary N) is 2. The zero-order chi connectivity index (χ0) is 33.2. The molecule has 1 unspecified atom stereocenters. The number of hydrogen-bond acceptors (Lipinski definition) is 9. The molecular formula is C30H41BrN3O10P. The molecule has 1 atom stereocenters. The molecule has 13 nitrogen and oxygen atoms in total. The maximum Gasteiger partial charge on any atom is 0.407 e. The smallest absolute Gasteiger partial charge is 0.407 e. The molecule has 45 heavy (non-hydrogen) atoms. The fourth-order valence-corrected chi connectivity index (χ4v) is 6.00. The van der Waals surface area contributed by atoms with E-state index in [0.717, 1.165) is 10.5 Å². The Morgan fingerprint density at radius 3 is 2.36 bits per heavy atom. The number of ether oxygens (including phenoxy) is 2. The lowest BCUT2D eigenvalue weighted by Gasteiger charge is -2.23. The number of carboxylic acid groups (broad SMARTS) is 1. The molecule has 0 bridgehead atoms. The molecule has 248 valence electrons. The van der Waals surface area contributed by atoms with E-state index in [1.54, 1.807) is 19.9 Å². The lowest BCUT2D eigenvalue weighted by atomic mass is 10.1. The van der Waals surface area contributed by atoms with Gasteiger partial charge < -0.3 is 39.2 Å². The number of likely N-dealkylation sites (N-methyl/N-ethyl adjacent to an activating group) is 1. The van der Waals surface area contributed by atoms with Crippen molar-refractivity contribution in [3.05, 3.63) is 64.1 Å². The van der Waals surface area contributed by atoms with Crippen molar-refractivity contribution in [2.24, 2.45) is 0 Å². The summed E-state index contributed by atoms with van der Waals surface area (Å²) in [5, 5.41) is 15.0. The Hall–Kier alpha value is -3.45. The molecule has 2 rings (SSSR count). The summed E-state index contributed by atoms with van der Waals surface area (Å²) >= 11 is 3.31. The van der Waals surface area contributed by atoms with Crippen LogP contribution in [0, 0.1) is 0 Å². The van der Waals surface area contributed by atoms with Crippen molar-refractivity contribution < 1.29 is 47.4 Å². The molecule has 0 fully saturated rings. The highest BCUT2D eigenvalue weighted by Gasteiger charge is 2.30. The Kier molecular flexibility index (Phi) is 16.6. The minimum Gasteiger partial charge on any atom is -0.491 e. The van der Waals surface area contributed by atoms with Crippen LogP contribution < -0.4 is 15.4 Å². The van der Waals surface area contributed by atoms with Gasteiger partial charge in [0, 0.05) is 18.1 Å². The zero-order valence-electron chi connectivity index (χ0n) is 25.7. The highest BCUT2D eigenvalue weighted by molar-refractivity contribution is 9.10. The van der Waals surface area contributed by atoms with Crippen molar-refractivity contribution >= 4 is 47.4 Å². The first-order valence-electron chi connectivity index (χ1n) is 14.5. The van der Waals surface area contributed by atoms with Gasteiger partial charge >= 0.3 is 19.7 Å². The lowest BCUT2D eigenvalue weighted by Crippen LogP contribution is -2.45. The largest absolute Gasteiger partial charge is 0.491 e. The second-order valence-electron chi connectivity index (χ2n) is 9.86. The standard InChI is InChI=1S/C30H41BrN3O10P/c1-4-43-45(40,44-5-2)21-28(36)34(3)18-27(35)33-24(20-41-26-17-23(31)14-15-25(26)29(37)38)13-9-10-16-32-30(39)42-19-22-11-7-6-8-12-22/h6-8,11-12,14-15,17,24H,4-5,9-10,13,16,18-21H2,1-3H3,(H,32,39)(H,33,35)(H,37,38). The van der Waals surface area contributed by atoms with E-state index in [1.165, 1.54) is 19.2 Å². The number of benzene rings is 2. The summed E-state index contributed by atoms with van der Waals surface area (Å²) in [5.74, 6) is -2.14. The summed E-state index contributed by atoms with van der Waals surface area (Å²) in [4.78, 5) is 50.4. The predicted octanol–water partition coefficient (Wildman–Crippen LogP) is 4.83. The van der Waals surface area contributed by atoms with Gasteiger partial charge in [-0.2, -0.15) is 0 Å². The molecule has 2 aromatic rings. The maximum atomic E-state index is 12.9. The summed E-state index contributed by atoms with van der Waals surface area (Å²) < 4.78 is 34.7. The van der Waals surface area contributed by atoms with Gasteiger partial charge in [0.2, 0.25) is 11.8 Å². The highest BCUT2D eigenvalue weighted by Crippen LogP contribution is 2.47. The lowest BCUT2D eigenvalue weighted by molar-refractivity contribution is -0.133. The molecular weight excluding hydrogens is 673 g/mol. The monoisotopic (exact) mass is 713 g/mol. The number of hydrogen-bond donors (Lipinski definition) is 3. The van der Waals surface area contributed by atoms with Crippen molar-refractivity contribution in [2.45, 2.75) is 45.8 Å². The van der Waals surface area contributed by atoms with Crippen LogP contribution in [0.3, 0.4) is 0 Å². The molecule has 3 N–H and O–H groups in total. The third kappa shape index (κ3) is 14.5. The van der Waals surface area contributed by atoms with E-state index in [4.69, 9.17) is 18.5 Å². The fourth-order valence-electron chi connectivity index (χ4n) is 4.05. The highest BCUT2D eigenvalue weighted by atomic mass is 79.9. The zero-order valence-corrected chi connectivity index (χ0v) is 28.1. The van der Waals surface area contributed by atoms with Gasteiger partial charge in [-0.15, -0.1) is 0 Å². The number of nitrogens with zero attached hydrogens (tertiary/aromatic N) is 1. The molecule has 15 heteroatoms. The number of rotatable bonds is 20. The number of alkyl carbamates (subject to hydrolysis) is 1. The molecule has 3 amide bonds. The van der Waals surface area contributed by atoms with E-state index >= 15 is 0 Å². The van der Waals surface area contributed by atoms with Crippen LogP contribution in [-0.4, -0.2) is 86.0 Å². The van der Waals surface area contributed by atoms with Crippen LogP contribution in [0.1, 0.15) is 49.0 Å². The number of amides is 3. The van der Waals surface area contributed by atoms with Crippen molar-refractivity contribution in [2.75, 3.05) is 46.1 Å². The van der Waals surface area contributed by atoms with Crippen LogP contribution in [0.4, 0.5) is 4.79 Å². The summed E-state index contributed by atoms with van der Waals surface area (Å²) in [6, 6.07) is 13.2. The Morgan fingerprint density at radius 2 is 1.71 bits per heavy atom. The van der Waals surface area contributed by atoms with Crippen LogP contribution in [-0.2, 0) is 34.5 Å². The van der Waals surface area contributed by atoms with Crippen molar-refractivity contribution in [1.29, 1.82) is 0 Å². The predicted molar refractivity (Wildman–Crippen MR) is 170 cm³/mol. The summed E-state index contributed by atoms with van der Waals surface area (Å²) in [5.41, 5.74) is 0.826. The quantitative estimate of drug-likeness (QED) is 0.128. The summed E-state index contributed by atoms with van der Waals surface area (Å²) in [6.45, 7) is 3.56. The van der Waals surface area contributed by atoms with Gasteiger partial charge in [0.15, 0.2) is 0 Å². The first-order chi connectivity index (χ1) is 21.5. The van der Waals surface area contributed by atoms with Gasteiger partial charge in [0.05, 0.1) is 25.8 Å². The van der Waals surface area contributed by atoms with Crippen LogP contribution in [0.25, 0.3) is 0 Å². The van der Waals surface area contributed by atoms with Crippen LogP contribution in [0.15, 0.2) is 53.0 Å². The molecule has 0 saturated heterocycles. The molecule has 0 aliphatic carbocycles. The second-order valence-corrected chi connectivity index (χ2v) is 12.8. The van der Waals surface area contributed by atoms with Crippen molar-refractivity contribution in [3.8, 4) is 5.75 Å². The second kappa shape index (κ2) is 19.8. The Balaban J connectivity index is 1.95. The first kappa shape index (κ1) is 37.7. The molecule has 0 aliphatic heterocycles. The van der Waals surface area contributed by atoms with E-state index in [-0.39, 0.29) is 44.3 Å². The summed E-state index contributed by atoms with van der Waals surface area (Å²) in [7, 11) is -2.24. The average molecular weight is 715 g/mol. The average Bonchev–Trinajstić information content (AvgIpc) is 2.98. The van der Waals surface area contributed by atoms with Gasteiger partial charge in [0.1, 0.15) is 30.7 Å². The number of aromatic carboxylic acids is 1. The Bertz CT molecular complexity index is 1300. The van der Waals surface area contributed by atoms with Gasteiger partial charge in [-0.05, 0) is 56.9 Å². The normalized spacial score (nSPS) is 11.7. The third-order valence-electron chi connectivity index (χ3n) is 6.23. The number of unbranched alkanes of at least 4 members (excludes halogenated alkanes) is 1. The van der Waals surface area contributed by atoms with Gasteiger partial charge in [-0.3, -0.25) is 14.2 Å². The number of carbonyl (C=O) groups excluding carboxylic acids is 3. The summed E-state index contributed by atoms with van der Waals surface area (Å²) in [6.07, 6.45) is 0.496. The van der Waals surface area contributed by atoms with Gasteiger partial charge in [-0.25, -0.2) is 9.59 Å². The molecule has 0 saturated carbocycles. The molecule has 0 aromatic heterocycles. The van der Waals surface area contributed by atoms with E-state index in [1.807, 2.05) is 30.3 Å². The topological polar surface area (TPSA) is 170 Å². The van der Waals surface area contributed by atoms with Gasteiger partial charge in [-0.1, -0.05) is 46.3 Å². The number of carboxylic acids is 1. The fraction of sp³-hybridized carbons (Fsp3) is 0.467. The molecule has 0 heterocycles. The van der Waals surface area contributed by atoms with Crippen LogP contribution >= 0.6 is 23.5 Å².